The van der Waals surface area contributed by atoms with Gasteiger partial charge in [0.25, 0.3) is 0 Å². The number of nitrogens with two attached hydrogens (primary N) is 1. The summed E-state index contributed by atoms with van der Waals surface area (Å²) in [5, 5.41) is 84.0. The summed E-state index contributed by atoms with van der Waals surface area (Å²) in [6.45, 7) is -0.0639. The van der Waals surface area contributed by atoms with Crippen molar-refractivity contribution in [1.82, 2.24) is 31.9 Å². The summed E-state index contributed by atoms with van der Waals surface area (Å²) in [6, 6.07) is 9.99. The van der Waals surface area contributed by atoms with Crippen molar-refractivity contribution in [3.63, 3.8) is 0 Å². The highest BCUT2D eigenvalue weighted by Gasteiger charge is 2.42. The summed E-state index contributed by atoms with van der Waals surface area (Å²) in [5.74, 6) is -12.3. The molecule has 13 rings (SSSR count). The molecule has 7 aromatic rings. The highest BCUT2D eigenvalue weighted by atomic mass is 79.9. The first-order chi connectivity index (χ1) is 42.5. The van der Waals surface area contributed by atoms with E-state index in [4.69, 9.17) is 52.6 Å². The first kappa shape index (κ1) is 60.7. The molecule has 6 aliphatic rings. The molecule has 6 heterocycles. The van der Waals surface area contributed by atoms with Crippen LogP contribution in [-0.4, -0.2) is 103 Å². The van der Waals surface area contributed by atoms with Crippen LogP contribution in [-0.2, 0) is 44.7 Å². The number of amides is 6. The summed E-state index contributed by atoms with van der Waals surface area (Å²) in [7, 11) is 0.977. The second kappa shape index (κ2) is 24.6. The second-order valence-electron chi connectivity index (χ2n) is 20.8. The third-order valence-electron chi connectivity index (χ3n) is 14.9. The van der Waals surface area contributed by atoms with Gasteiger partial charge in [-0.3, -0.25) is 28.8 Å². The van der Waals surface area contributed by atoms with Crippen molar-refractivity contribution in [3.8, 4) is 80.1 Å². The van der Waals surface area contributed by atoms with Gasteiger partial charge in [-0.05, 0) is 112 Å². The Hall–Kier alpha value is -9.99. The summed E-state index contributed by atoms with van der Waals surface area (Å²) < 4.78 is 30.4. The number of phenolic OH excluding ortho intramolecular Hbond substituents is 5. The Morgan fingerprint density at radius 2 is 1.17 bits per heavy atom. The number of alkyl halides is 1. The van der Waals surface area contributed by atoms with Crippen molar-refractivity contribution in [1.29, 1.82) is 0 Å². The normalized spacial score (nSPS) is 21.5. The number of hydrogen-bond acceptors (Lipinski definition) is 19. The number of nitrogens with one attached hydrogen (secondary N) is 6. The van der Waals surface area contributed by atoms with Crippen molar-refractivity contribution in [3.05, 3.63) is 164 Å². The Kier molecular flexibility index (Phi) is 16.8. The lowest BCUT2D eigenvalue weighted by Crippen LogP contribution is -2.55. The van der Waals surface area contributed by atoms with E-state index < -0.39 is 119 Å². The molecule has 0 aliphatic carbocycles. The second-order valence-corrected chi connectivity index (χ2v) is 22.4. The lowest BCUT2D eigenvalue weighted by molar-refractivity contribution is -0.146. The van der Waals surface area contributed by atoms with Crippen molar-refractivity contribution in [2.45, 2.75) is 54.8 Å². The van der Waals surface area contributed by atoms with E-state index in [0.717, 1.165) is 43.5 Å². The number of ether oxygens (including phenoxy) is 5. The Morgan fingerprint density at radius 1 is 0.573 bits per heavy atom. The van der Waals surface area contributed by atoms with Crippen LogP contribution in [0.15, 0.2) is 115 Å². The van der Waals surface area contributed by atoms with E-state index in [-0.39, 0.29) is 113 Å². The minimum Gasteiger partial charge on any atom is -0.508 e. The molecule has 0 aromatic heterocycles. The minimum atomic E-state index is -2.12. The predicted octanol–water partition coefficient (Wildman–Crippen LogP) is 6.14. The Morgan fingerprint density at radius 3 is 1.84 bits per heavy atom. The molecular formula is C61H50BrCl2N7O18. The molecule has 0 saturated heterocycles. The molecule has 458 valence electrons. The van der Waals surface area contributed by atoms with E-state index in [1.807, 2.05) is 0 Å². The summed E-state index contributed by atoms with van der Waals surface area (Å²) in [4.78, 5) is 105. The molecule has 89 heavy (non-hydrogen) atoms. The number of hydrogen-bond donors (Lipinski definition) is 13. The number of carbonyl (C=O) groups is 7. The third kappa shape index (κ3) is 12.2. The van der Waals surface area contributed by atoms with Crippen molar-refractivity contribution < 1.29 is 87.9 Å². The number of benzene rings is 7. The van der Waals surface area contributed by atoms with E-state index in [0.29, 0.717) is 5.56 Å². The Balaban J connectivity index is 1.16. The fraction of sp³-hybridized carbons (Fsp3) is 0.197. The molecular weight excluding hydrogens is 1270 g/mol. The standard InChI is InChI=1S/C61H50BrCl2N7O18/c1-85-61(84)51-34-22-31(73)23-40(76)46(34)33-16-26(4-6-38(33)74)48-57(80)71-52(60(83)70-51)53(77)27-5-9-42(36(64)17-27)89-45-20-29-19-44(54(45)86-11-10-62)88-41-8-2-24(12-35(41)63)13-37-55(78)67-49(58(81)69-50(29)59(82)68-48)28-14-30(72)21-32(15-28)87-43-18-25(3-7-39(43)75)47(65)56(79)66-37/h2-9,12,14-23,37,47-53,72-77H,10-11,13,65H2,1H3,(H,66,79)(H,67,78)(H,68,82)(H,69,81)(H,70,83)(H,71,80)/t37-,47+,48-,49+,50-,51-,52+,53-/m1/s1. The van der Waals surface area contributed by atoms with Crippen LogP contribution < -0.4 is 56.6 Å². The van der Waals surface area contributed by atoms with E-state index in [9.17, 15) is 49.8 Å². The zero-order valence-corrected chi connectivity index (χ0v) is 49.1. The van der Waals surface area contributed by atoms with Gasteiger partial charge >= 0.3 is 5.97 Å². The Bertz CT molecular complexity index is 4120. The van der Waals surface area contributed by atoms with Crippen LogP contribution in [0.5, 0.6) is 69.0 Å². The van der Waals surface area contributed by atoms with Gasteiger partial charge in [0.2, 0.25) is 41.2 Å². The molecule has 0 saturated carbocycles. The monoisotopic (exact) mass is 1320 g/mol. The van der Waals surface area contributed by atoms with Crippen LogP contribution in [0, 0.1) is 0 Å². The topological polar surface area (TPSA) is 385 Å². The molecule has 6 amide bonds. The molecule has 28 heteroatoms. The van der Waals surface area contributed by atoms with Crippen molar-refractivity contribution >= 4 is 80.5 Å². The minimum absolute atomic E-state index is 0.0446. The maximum Gasteiger partial charge on any atom is 0.333 e. The number of rotatable bonds is 4. The molecule has 7 aromatic carbocycles. The maximum absolute atomic E-state index is 15.9. The lowest BCUT2D eigenvalue weighted by Gasteiger charge is -2.31. The van der Waals surface area contributed by atoms with E-state index in [2.05, 4.69) is 47.8 Å². The molecule has 0 radical (unpaired) electrons. The van der Waals surface area contributed by atoms with Crippen LogP contribution in [0.4, 0.5) is 0 Å². The number of aromatic hydroxyl groups is 5. The van der Waals surface area contributed by atoms with Gasteiger partial charge in [0, 0.05) is 40.6 Å². The summed E-state index contributed by atoms with van der Waals surface area (Å²) in [5.41, 5.74) is 5.10. The third-order valence-corrected chi connectivity index (χ3v) is 15.9. The number of halogens is 3. The zero-order chi connectivity index (χ0) is 63.3. The highest BCUT2D eigenvalue weighted by Crippen LogP contribution is 2.49. The quantitative estimate of drug-likeness (QED) is 0.0695. The number of phenols is 5. The average molecular weight is 1320 g/mol. The van der Waals surface area contributed by atoms with Gasteiger partial charge < -0.3 is 92.0 Å². The molecule has 0 unspecified atom stereocenters. The van der Waals surface area contributed by atoms with Gasteiger partial charge in [0.15, 0.2) is 29.0 Å². The van der Waals surface area contributed by atoms with E-state index in [1.54, 1.807) is 0 Å². The van der Waals surface area contributed by atoms with Gasteiger partial charge in [-0.15, -0.1) is 0 Å². The highest BCUT2D eigenvalue weighted by molar-refractivity contribution is 9.09. The maximum atomic E-state index is 15.9. The molecule has 25 nitrogen and oxygen atoms in total. The first-order valence-corrected chi connectivity index (χ1v) is 28.8. The smallest absolute Gasteiger partial charge is 0.333 e. The van der Waals surface area contributed by atoms with Crippen LogP contribution in [0.1, 0.15) is 75.3 Å². The van der Waals surface area contributed by atoms with Crippen molar-refractivity contribution in [2.75, 3.05) is 19.0 Å². The molecule has 0 fully saturated rings. The van der Waals surface area contributed by atoms with E-state index in [1.165, 1.54) is 78.9 Å². The molecule has 8 atom stereocenters. The van der Waals surface area contributed by atoms with Crippen LogP contribution in [0.2, 0.25) is 10.0 Å². The summed E-state index contributed by atoms with van der Waals surface area (Å²) in [6.07, 6.45) is -2.38. The molecule has 14 N–H and O–H groups in total. The molecule has 17 bridgehead atoms. The average Bonchev–Trinajstić information content (AvgIpc) is 1.98. The van der Waals surface area contributed by atoms with Crippen LogP contribution >= 0.6 is 39.1 Å². The first-order valence-electron chi connectivity index (χ1n) is 26.9. The van der Waals surface area contributed by atoms with Gasteiger partial charge in [0.1, 0.15) is 82.6 Å². The van der Waals surface area contributed by atoms with Gasteiger partial charge in [-0.2, -0.15) is 0 Å². The van der Waals surface area contributed by atoms with E-state index >= 15 is 14.4 Å². The zero-order valence-electron chi connectivity index (χ0n) is 46.0. The fourth-order valence-corrected chi connectivity index (χ4v) is 11.2. The Labute approximate surface area is 521 Å². The van der Waals surface area contributed by atoms with Gasteiger partial charge in [-0.25, -0.2) is 4.79 Å². The number of esters is 1. The molecule has 0 spiro atoms. The van der Waals surface area contributed by atoms with Gasteiger partial charge in [-0.1, -0.05) is 63.4 Å². The number of aliphatic hydroxyl groups is 1. The SMILES string of the molecule is COC(=O)[C@@H]1NC(=O)[C@H]2NC(=O)[C@H](NC(=O)[C@@H]3NC(=O)[C@H]4NC(=O)[C@@H](Cc5ccc(c(Cl)c5)Oc5cc3cc(c5OCCBr)Oc3ccc(cc3Cl)[C@H]2O)NC(=O)[C@@H](N)c2ccc(O)c(c2)Oc2cc(O)cc4c2)c2ccc(O)c(c2)-c2c(O)cc(O)cc21. The molecule has 6 aliphatic heterocycles. The van der Waals surface area contributed by atoms with Crippen molar-refractivity contribution in [2.24, 2.45) is 5.73 Å². The largest absolute Gasteiger partial charge is 0.508 e. The fourth-order valence-electron chi connectivity index (χ4n) is 10.6. The van der Waals surface area contributed by atoms with Crippen LogP contribution in [0.3, 0.4) is 0 Å². The van der Waals surface area contributed by atoms with Crippen LogP contribution in [0.25, 0.3) is 11.1 Å². The predicted molar refractivity (Wildman–Crippen MR) is 317 cm³/mol. The number of methoxy groups -OCH3 is 1. The lowest BCUT2D eigenvalue weighted by atomic mass is 9.89. The number of aliphatic hydroxyl groups excluding tert-OH is 1. The number of carbonyl (C=O) groups excluding carboxylic acids is 7. The number of fused-ring (bicyclic) bond motifs is 14. The summed E-state index contributed by atoms with van der Waals surface area (Å²) >= 11 is 17.4. The van der Waals surface area contributed by atoms with Gasteiger partial charge in [0.05, 0.1) is 23.8 Å².